The Hall–Kier alpha value is -3.23. The number of carbonyl (C=O) groups excluding carboxylic acids is 2. The van der Waals surface area contributed by atoms with Crippen molar-refractivity contribution in [1.82, 2.24) is 14.7 Å². The van der Waals surface area contributed by atoms with Crippen LogP contribution in [-0.2, 0) is 4.79 Å². The molecule has 0 aliphatic carbocycles. The van der Waals surface area contributed by atoms with Crippen molar-refractivity contribution in [2.45, 2.75) is 26.1 Å². The fourth-order valence-corrected chi connectivity index (χ4v) is 3.89. The largest absolute Gasteiger partial charge is 0.493 e. The number of fused-ring (bicyclic) bond motifs is 2. The number of ether oxygens (including phenoxy) is 3. The molecule has 1 fully saturated rings. The molecule has 0 N–H and O–H groups in total. The quantitative estimate of drug-likeness (QED) is 0.749. The van der Waals surface area contributed by atoms with Crippen molar-refractivity contribution < 1.29 is 23.8 Å². The van der Waals surface area contributed by atoms with Gasteiger partial charge in [0.1, 0.15) is 5.84 Å². The molecule has 1 aromatic carbocycles. The number of hydrogen-bond donors (Lipinski definition) is 0. The lowest BCUT2D eigenvalue weighted by molar-refractivity contribution is -0.137. The molecule has 0 radical (unpaired) electrons. The first-order valence-electron chi connectivity index (χ1n) is 9.58. The molecule has 3 amide bonds. The minimum atomic E-state index is -0.515. The topological polar surface area (TPSA) is 83.9 Å². The molecule has 3 heterocycles. The maximum absolute atomic E-state index is 12.8. The number of hydrogen-bond acceptors (Lipinski definition) is 7. The standard InChI is InChI=1S/C20H24N4O5/c1-5-23-18-16(19(25)24(6-2)20(23)26)22(3)15(21-18)8-7-12-9-13(27-4)17-14(10-12)28-11-29-17/h7-10,16,18H,5-6,11H2,1-4H3. The van der Waals surface area contributed by atoms with Crippen LogP contribution in [0.2, 0.25) is 0 Å². The number of amides is 3. The van der Waals surface area contributed by atoms with Crippen LogP contribution in [0.25, 0.3) is 6.08 Å². The Labute approximate surface area is 169 Å². The van der Waals surface area contributed by atoms with Crippen molar-refractivity contribution in [3.63, 3.8) is 0 Å². The van der Waals surface area contributed by atoms with E-state index < -0.39 is 12.2 Å². The van der Waals surface area contributed by atoms with Gasteiger partial charge in [-0.3, -0.25) is 14.6 Å². The van der Waals surface area contributed by atoms with Gasteiger partial charge in [0.2, 0.25) is 12.5 Å². The van der Waals surface area contributed by atoms with Crippen LogP contribution in [0.1, 0.15) is 19.4 Å². The number of imide groups is 1. The third-order valence-corrected chi connectivity index (χ3v) is 5.40. The predicted octanol–water partition coefficient (Wildman–Crippen LogP) is 1.78. The van der Waals surface area contributed by atoms with Crippen LogP contribution in [0.3, 0.4) is 0 Å². The summed E-state index contributed by atoms with van der Waals surface area (Å²) >= 11 is 0. The van der Waals surface area contributed by atoms with Crippen molar-refractivity contribution in [3.8, 4) is 17.2 Å². The number of amidine groups is 1. The summed E-state index contributed by atoms with van der Waals surface area (Å²) in [6.45, 7) is 4.67. The Morgan fingerprint density at radius 3 is 2.69 bits per heavy atom. The molecular formula is C20H24N4O5. The van der Waals surface area contributed by atoms with Crippen molar-refractivity contribution in [2.75, 3.05) is 34.0 Å². The minimum absolute atomic E-state index is 0.161. The molecule has 154 valence electrons. The van der Waals surface area contributed by atoms with Gasteiger partial charge in [-0.1, -0.05) is 6.08 Å². The Morgan fingerprint density at radius 1 is 1.21 bits per heavy atom. The number of likely N-dealkylation sites (N-methyl/N-ethyl adjacent to an activating group) is 3. The van der Waals surface area contributed by atoms with E-state index in [9.17, 15) is 9.59 Å². The maximum Gasteiger partial charge on any atom is 0.328 e. The lowest BCUT2D eigenvalue weighted by Gasteiger charge is -2.41. The van der Waals surface area contributed by atoms with Crippen LogP contribution >= 0.6 is 0 Å². The van der Waals surface area contributed by atoms with Crippen molar-refractivity contribution in [3.05, 3.63) is 23.8 Å². The molecule has 0 saturated carbocycles. The third kappa shape index (κ3) is 2.97. The second kappa shape index (κ2) is 7.31. The average molecular weight is 400 g/mol. The Kier molecular flexibility index (Phi) is 4.81. The van der Waals surface area contributed by atoms with Crippen LogP contribution in [-0.4, -0.2) is 78.7 Å². The smallest absolute Gasteiger partial charge is 0.328 e. The first-order chi connectivity index (χ1) is 14.0. The first-order valence-corrected chi connectivity index (χ1v) is 9.58. The molecule has 3 aliphatic heterocycles. The summed E-state index contributed by atoms with van der Waals surface area (Å²) in [7, 11) is 3.40. The molecule has 0 bridgehead atoms. The van der Waals surface area contributed by atoms with Gasteiger partial charge in [0.25, 0.3) is 5.91 Å². The molecule has 3 aliphatic rings. The summed E-state index contributed by atoms with van der Waals surface area (Å²) in [5.41, 5.74) is 0.849. The van der Waals surface area contributed by atoms with Gasteiger partial charge in [-0.2, -0.15) is 0 Å². The third-order valence-electron chi connectivity index (χ3n) is 5.40. The molecular weight excluding hydrogens is 376 g/mol. The summed E-state index contributed by atoms with van der Waals surface area (Å²) in [5, 5.41) is 0. The average Bonchev–Trinajstić information content (AvgIpc) is 3.31. The SMILES string of the molecule is CCN1C(=O)C2C(N=C(C=Cc3cc(OC)c4c(c3)OCO4)N2C)N(CC)C1=O. The highest BCUT2D eigenvalue weighted by atomic mass is 16.7. The van der Waals surface area contributed by atoms with Crippen LogP contribution in [0, 0.1) is 0 Å². The van der Waals surface area contributed by atoms with E-state index in [1.807, 2.05) is 43.2 Å². The normalized spacial score (nSPS) is 23.2. The Morgan fingerprint density at radius 2 is 2.00 bits per heavy atom. The number of nitrogens with zero attached hydrogens (tertiary/aromatic N) is 4. The van der Waals surface area contributed by atoms with E-state index in [4.69, 9.17) is 14.2 Å². The number of aliphatic imine (C=N–C) groups is 1. The zero-order chi connectivity index (χ0) is 20.7. The van der Waals surface area contributed by atoms with E-state index in [-0.39, 0.29) is 18.7 Å². The van der Waals surface area contributed by atoms with Gasteiger partial charge < -0.3 is 19.1 Å². The summed E-state index contributed by atoms with van der Waals surface area (Å²) in [6.07, 6.45) is 3.19. The van der Waals surface area contributed by atoms with E-state index >= 15 is 0 Å². The van der Waals surface area contributed by atoms with Crippen molar-refractivity contribution in [2.24, 2.45) is 4.99 Å². The van der Waals surface area contributed by atoms with Crippen LogP contribution in [0.5, 0.6) is 17.2 Å². The number of urea groups is 1. The van der Waals surface area contributed by atoms with Crippen LogP contribution in [0.15, 0.2) is 23.2 Å². The van der Waals surface area contributed by atoms with Gasteiger partial charge in [-0.25, -0.2) is 9.79 Å². The van der Waals surface area contributed by atoms with Gasteiger partial charge >= 0.3 is 6.03 Å². The number of carbonyl (C=O) groups is 2. The fraction of sp³-hybridized carbons (Fsp3) is 0.450. The lowest BCUT2D eigenvalue weighted by Crippen LogP contribution is -2.65. The highest BCUT2D eigenvalue weighted by Crippen LogP contribution is 2.42. The molecule has 1 aromatic rings. The number of methoxy groups -OCH3 is 1. The summed E-state index contributed by atoms with van der Waals surface area (Å²) < 4.78 is 16.3. The molecule has 2 atom stereocenters. The molecule has 1 saturated heterocycles. The number of rotatable bonds is 5. The van der Waals surface area contributed by atoms with E-state index in [0.717, 1.165) is 5.56 Å². The fourth-order valence-electron chi connectivity index (χ4n) is 3.89. The predicted molar refractivity (Wildman–Crippen MR) is 106 cm³/mol. The Bertz CT molecular complexity index is 912. The van der Waals surface area contributed by atoms with E-state index in [1.165, 1.54) is 4.90 Å². The monoisotopic (exact) mass is 400 g/mol. The molecule has 9 nitrogen and oxygen atoms in total. The summed E-state index contributed by atoms with van der Waals surface area (Å²) in [5.74, 6) is 2.22. The van der Waals surface area contributed by atoms with Gasteiger partial charge in [-0.05, 0) is 37.6 Å². The van der Waals surface area contributed by atoms with Crippen molar-refractivity contribution >= 4 is 23.8 Å². The number of benzene rings is 1. The van der Waals surface area contributed by atoms with Crippen LogP contribution < -0.4 is 14.2 Å². The first kappa shape index (κ1) is 19.1. The van der Waals surface area contributed by atoms with Gasteiger partial charge in [0, 0.05) is 20.1 Å². The van der Waals surface area contributed by atoms with Gasteiger partial charge in [0.15, 0.2) is 23.7 Å². The Balaban J connectivity index is 1.63. The highest BCUT2D eigenvalue weighted by Gasteiger charge is 2.50. The summed E-state index contributed by atoms with van der Waals surface area (Å²) in [6, 6.07) is 2.90. The molecule has 0 spiro atoms. The van der Waals surface area contributed by atoms with E-state index in [1.54, 1.807) is 18.9 Å². The highest BCUT2D eigenvalue weighted by molar-refractivity contribution is 6.07. The second-order valence-electron chi connectivity index (χ2n) is 6.90. The van der Waals surface area contributed by atoms with Crippen molar-refractivity contribution in [1.29, 1.82) is 0 Å². The molecule has 4 rings (SSSR count). The van der Waals surface area contributed by atoms with Gasteiger partial charge in [0.05, 0.1) is 7.11 Å². The molecule has 9 heteroatoms. The second-order valence-corrected chi connectivity index (χ2v) is 6.90. The molecule has 2 unspecified atom stereocenters. The van der Waals surface area contributed by atoms with Gasteiger partial charge in [-0.15, -0.1) is 0 Å². The summed E-state index contributed by atoms with van der Waals surface area (Å²) in [4.78, 5) is 34.9. The molecule has 29 heavy (non-hydrogen) atoms. The zero-order valence-corrected chi connectivity index (χ0v) is 16.9. The zero-order valence-electron chi connectivity index (χ0n) is 16.9. The molecule has 0 aromatic heterocycles. The minimum Gasteiger partial charge on any atom is -0.493 e. The lowest BCUT2D eigenvalue weighted by atomic mass is 10.1. The van der Waals surface area contributed by atoms with E-state index in [0.29, 0.717) is 36.2 Å². The van der Waals surface area contributed by atoms with Crippen LogP contribution in [0.4, 0.5) is 4.79 Å². The maximum atomic E-state index is 12.8. The van der Waals surface area contributed by atoms with E-state index in [2.05, 4.69) is 4.99 Å².